The van der Waals surface area contributed by atoms with Crippen LogP contribution >= 0.6 is 0 Å². The van der Waals surface area contributed by atoms with E-state index in [4.69, 9.17) is 29.4 Å². The summed E-state index contributed by atoms with van der Waals surface area (Å²) in [5, 5.41) is 12.5. The van der Waals surface area contributed by atoms with Gasteiger partial charge in [-0.3, -0.25) is 4.79 Å². The molecule has 10 heteroatoms. The molecule has 0 spiro atoms. The number of rotatable bonds is 10. The quantitative estimate of drug-likeness (QED) is 0.460. The summed E-state index contributed by atoms with van der Waals surface area (Å²) in [7, 11) is 1.54. The van der Waals surface area contributed by atoms with E-state index in [2.05, 4.69) is 5.32 Å². The number of hydrogen-bond donors (Lipinski definition) is 2. The van der Waals surface area contributed by atoms with Gasteiger partial charge in [0.05, 0.1) is 31.8 Å². The lowest BCUT2D eigenvalue weighted by Gasteiger charge is -2.27. The molecule has 194 valence electrons. The normalized spacial score (nSPS) is 14.8. The Balaban J connectivity index is 1.87. The molecule has 1 amide bonds. The zero-order chi connectivity index (χ0) is 26.9. The molecular weight excluding hydrogens is 478 g/mol. The molecule has 10 nitrogen and oxygen atoms in total. The maximum absolute atomic E-state index is 12.8. The monoisotopic (exact) mass is 507 g/mol. The van der Waals surface area contributed by atoms with Gasteiger partial charge in [-0.05, 0) is 50.6 Å². The van der Waals surface area contributed by atoms with Crippen LogP contribution in [-0.4, -0.2) is 38.8 Å². The lowest BCUT2D eigenvalue weighted by molar-refractivity contribution is -0.139. The lowest BCUT2D eigenvalue weighted by Crippen LogP contribution is -2.25. The summed E-state index contributed by atoms with van der Waals surface area (Å²) < 4.78 is 27.3. The van der Waals surface area contributed by atoms with Crippen molar-refractivity contribution < 1.29 is 33.3 Å². The number of methoxy groups -OCH3 is 1. The molecule has 2 aromatic carbocycles. The van der Waals surface area contributed by atoms with Gasteiger partial charge in [-0.2, -0.15) is 5.26 Å². The number of hydrogen-bond acceptors (Lipinski definition) is 9. The van der Waals surface area contributed by atoms with Crippen LogP contribution in [0.3, 0.4) is 0 Å². The van der Waals surface area contributed by atoms with Crippen LogP contribution in [0.25, 0.3) is 0 Å². The van der Waals surface area contributed by atoms with Gasteiger partial charge < -0.3 is 34.7 Å². The number of amides is 1. The molecule has 3 N–H and O–H groups in total. The molecule has 37 heavy (non-hydrogen) atoms. The maximum Gasteiger partial charge on any atom is 0.338 e. The Bertz CT molecular complexity index is 1280. The van der Waals surface area contributed by atoms with Gasteiger partial charge in [-0.15, -0.1) is 0 Å². The summed E-state index contributed by atoms with van der Waals surface area (Å²) in [5.74, 6) is -0.420. The van der Waals surface area contributed by atoms with Crippen molar-refractivity contribution in [2.45, 2.75) is 26.7 Å². The molecule has 1 heterocycles. The Labute approximate surface area is 215 Å². The number of nitrogens with zero attached hydrogens (tertiary/aromatic N) is 1. The molecule has 0 fully saturated rings. The van der Waals surface area contributed by atoms with Gasteiger partial charge in [0.25, 0.3) is 5.91 Å². The smallest absolute Gasteiger partial charge is 0.338 e. The van der Waals surface area contributed by atoms with Crippen LogP contribution in [0.5, 0.6) is 17.2 Å². The molecule has 2 aromatic rings. The van der Waals surface area contributed by atoms with Gasteiger partial charge in [0, 0.05) is 11.8 Å². The van der Waals surface area contributed by atoms with Crippen LogP contribution in [0.4, 0.5) is 5.69 Å². The zero-order valence-electron chi connectivity index (χ0n) is 21.1. The van der Waals surface area contributed by atoms with Crippen molar-refractivity contribution in [2.75, 3.05) is 32.2 Å². The van der Waals surface area contributed by atoms with Crippen molar-refractivity contribution in [2.24, 2.45) is 5.73 Å². The molecule has 0 saturated carbocycles. The molecule has 3 rings (SSSR count). The SMILES string of the molecule is CCOC(=O)C1=C(C)OC(N)=C(C#N)C1c1ccc(OCC(=O)Nc2cccc(OC)c2)c(OCC)c1. The third-order valence-corrected chi connectivity index (χ3v) is 5.41. The Morgan fingerprint density at radius 3 is 2.57 bits per heavy atom. The maximum atomic E-state index is 12.8. The average molecular weight is 508 g/mol. The van der Waals surface area contributed by atoms with E-state index in [0.29, 0.717) is 35.1 Å². The average Bonchev–Trinajstić information content (AvgIpc) is 2.88. The van der Waals surface area contributed by atoms with Crippen molar-refractivity contribution in [1.82, 2.24) is 0 Å². The standard InChI is InChI=1S/C27H29N3O7/c1-5-34-22-12-17(25-20(14-28)26(29)37-16(3)24(25)27(32)35-6-2)10-11-21(22)36-15-23(31)30-18-8-7-9-19(13-18)33-4/h7-13,25H,5-6,15,29H2,1-4H3,(H,30,31). The number of nitriles is 1. The number of benzene rings is 2. The fraction of sp³-hybridized carbons (Fsp3) is 0.296. The highest BCUT2D eigenvalue weighted by Gasteiger charge is 2.36. The first-order chi connectivity index (χ1) is 17.8. The highest BCUT2D eigenvalue weighted by atomic mass is 16.5. The van der Waals surface area contributed by atoms with E-state index in [1.807, 2.05) is 6.07 Å². The van der Waals surface area contributed by atoms with E-state index in [1.165, 1.54) is 0 Å². The topological polar surface area (TPSA) is 142 Å². The zero-order valence-corrected chi connectivity index (χ0v) is 21.1. The van der Waals surface area contributed by atoms with Crippen molar-refractivity contribution in [3.05, 3.63) is 70.8 Å². The van der Waals surface area contributed by atoms with Crippen molar-refractivity contribution in [3.63, 3.8) is 0 Å². The van der Waals surface area contributed by atoms with E-state index < -0.39 is 11.9 Å². The third-order valence-electron chi connectivity index (χ3n) is 5.41. The summed E-state index contributed by atoms with van der Waals surface area (Å²) in [6.45, 7) is 5.25. The Hall–Kier alpha value is -4.65. The number of nitrogens with two attached hydrogens (primary N) is 1. The molecule has 1 unspecified atom stereocenters. The molecule has 0 saturated heterocycles. The van der Waals surface area contributed by atoms with E-state index in [1.54, 1.807) is 70.3 Å². The number of esters is 1. The van der Waals surface area contributed by atoms with Gasteiger partial charge in [0.1, 0.15) is 23.2 Å². The van der Waals surface area contributed by atoms with Gasteiger partial charge in [-0.1, -0.05) is 12.1 Å². The van der Waals surface area contributed by atoms with Crippen LogP contribution in [0.1, 0.15) is 32.3 Å². The van der Waals surface area contributed by atoms with Gasteiger partial charge in [0.2, 0.25) is 5.88 Å². The molecule has 1 atom stereocenters. The predicted octanol–water partition coefficient (Wildman–Crippen LogP) is 3.76. The molecule has 1 aliphatic rings. The fourth-order valence-electron chi connectivity index (χ4n) is 3.82. The molecule has 0 radical (unpaired) electrons. The number of ether oxygens (including phenoxy) is 5. The summed E-state index contributed by atoms with van der Waals surface area (Å²) >= 11 is 0. The van der Waals surface area contributed by atoms with Crippen molar-refractivity contribution in [3.8, 4) is 23.3 Å². The predicted molar refractivity (Wildman–Crippen MR) is 135 cm³/mol. The summed E-state index contributed by atoms with van der Waals surface area (Å²) in [4.78, 5) is 25.2. The van der Waals surface area contributed by atoms with Crippen LogP contribution in [0.15, 0.2) is 65.3 Å². The third kappa shape index (κ3) is 6.32. The van der Waals surface area contributed by atoms with Crippen LogP contribution in [0, 0.1) is 11.3 Å². The van der Waals surface area contributed by atoms with Crippen LogP contribution in [-0.2, 0) is 19.1 Å². The van der Waals surface area contributed by atoms with E-state index in [9.17, 15) is 14.9 Å². The van der Waals surface area contributed by atoms with Crippen molar-refractivity contribution in [1.29, 1.82) is 5.26 Å². The van der Waals surface area contributed by atoms with E-state index >= 15 is 0 Å². The summed E-state index contributed by atoms with van der Waals surface area (Å²) in [6.07, 6.45) is 0. The van der Waals surface area contributed by atoms with Gasteiger partial charge in [-0.25, -0.2) is 4.79 Å². The highest BCUT2D eigenvalue weighted by Crippen LogP contribution is 2.42. The number of allylic oxidation sites excluding steroid dienone is 2. The number of carbonyl (C=O) groups is 2. The fourth-order valence-corrected chi connectivity index (χ4v) is 3.82. The van der Waals surface area contributed by atoms with Crippen molar-refractivity contribution >= 4 is 17.6 Å². The second-order valence-corrected chi connectivity index (χ2v) is 7.82. The van der Waals surface area contributed by atoms with E-state index in [0.717, 1.165) is 0 Å². The Kier molecular flexibility index (Phi) is 9.00. The number of nitrogens with one attached hydrogen (secondary N) is 1. The first-order valence-electron chi connectivity index (χ1n) is 11.6. The Morgan fingerprint density at radius 2 is 1.89 bits per heavy atom. The molecule has 0 aromatic heterocycles. The van der Waals surface area contributed by atoms with E-state index in [-0.39, 0.29) is 41.9 Å². The number of anilines is 1. The first kappa shape index (κ1) is 26.9. The largest absolute Gasteiger partial charge is 0.497 e. The summed E-state index contributed by atoms with van der Waals surface area (Å²) in [6, 6.07) is 13.9. The minimum Gasteiger partial charge on any atom is -0.497 e. The van der Waals surface area contributed by atoms with Gasteiger partial charge >= 0.3 is 5.97 Å². The summed E-state index contributed by atoms with van der Waals surface area (Å²) in [5.41, 5.74) is 7.32. The van der Waals surface area contributed by atoms with Gasteiger partial charge in [0.15, 0.2) is 18.1 Å². The minimum absolute atomic E-state index is 0.0717. The van der Waals surface area contributed by atoms with Crippen LogP contribution in [0.2, 0.25) is 0 Å². The second kappa shape index (κ2) is 12.4. The number of carbonyl (C=O) groups excluding carboxylic acids is 2. The second-order valence-electron chi connectivity index (χ2n) is 7.82. The minimum atomic E-state index is -0.831. The Morgan fingerprint density at radius 1 is 1.11 bits per heavy atom. The molecule has 0 bridgehead atoms. The molecule has 1 aliphatic heterocycles. The molecular formula is C27H29N3O7. The first-order valence-corrected chi connectivity index (χ1v) is 11.6. The lowest BCUT2D eigenvalue weighted by atomic mass is 9.83. The molecule has 0 aliphatic carbocycles. The van der Waals surface area contributed by atoms with Crippen LogP contribution < -0.4 is 25.3 Å². The highest BCUT2D eigenvalue weighted by molar-refractivity contribution is 5.93.